The molecule has 44 heavy (non-hydrogen) atoms. The number of nitrogens with zero attached hydrogens (tertiary/aromatic N) is 4. The van der Waals surface area contributed by atoms with Crippen LogP contribution in [0.5, 0.6) is 17.6 Å². The van der Waals surface area contributed by atoms with Gasteiger partial charge in [-0.1, -0.05) is 24.3 Å². The van der Waals surface area contributed by atoms with Gasteiger partial charge in [0.25, 0.3) is 0 Å². The van der Waals surface area contributed by atoms with Crippen molar-refractivity contribution in [2.45, 2.75) is 45.6 Å². The first-order valence-electron chi connectivity index (χ1n) is 14.2. The van der Waals surface area contributed by atoms with Gasteiger partial charge in [-0.25, -0.2) is 9.37 Å². The van der Waals surface area contributed by atoms with E-state index in [-0.39, 0.29) is 46.8 Å². The highest BCUT2D eigenvalue weighted by Gasteiger charge is 2.31. The maximum atomic E-state index is 13.4. The van der Waals surface area contributed by atoms with Gasteiger partial charge in [-0.15, -0.1) is 5.10 Å². The molecule has 4 rings (SSSR count). The molecule has 0 bridgehead atoms. The summed E-state index contributed by atoms with van der Waals surface area (Å²) in [5.41, 5.74) is 1.85. The Morgan fingerprint density at radius 2 is 1.59 bits per heavy atom. The van der Waals surface area contributed by atoms with E-state index >= 15 is 0 Å². The van der Waals surface area contributed by atoms with E-state index in [1.807, 2.05) is 30.3 Å². The van der Waals surface area contributed by atoms with Crippen LogP contribution in [0.3, 0.4) is 0 Å². The smallest absolute Gasteiger partial charge is 0.323 e. The third-order valence-corrected chi connectivity index (χ3v) is 9.77. The molecule has 2 aromatic heterocycles. The highest BCUT2D eigenvalue weighted by molar-refractivity contribution is 7.96. The number of rotatable bonds is 14. The van der Waals surface area contributed by atoms with Crippen LogP contribution >= 0.6 is 0 Å². The van der Waals surface area contributed by atoms with E-state index in [0.29, 0.717) is 24.1 Å². The number of carbonyl (C=O) groups excluding carboxylic acids is 1. The summed E-state index contributed by atoms with van der Waals surface area (Å²) in [5.74, 6) is 0.632. The summed E-state index contributed by atoms with van der Waals surface area (Å²) in [6.07, 6.45) is 7.10. The molecule has 0 aliphatic heterocycles. The van der Waals surface area contributed by atoms with Crippen LogP contribution in [0, 0.1) is 11.2 Å². The Labute approximate surface area is 261 Å². The van der Waals surface area contributed by atoms with Crippen molar-refractivity contribution in [2.24, 2.45) is 5.41 Å². The second-order valence-corrected chi connectivity index (χ2v) is 14.5. The molecular formula is C33H40FN4O5S+. The molecular weight excluding hydrogens is 583 g/mol. The topological polar surface area (TPSA) is 97.6 Å². The third-order valence-electron chi connectivity index (χ3n) is 7.36. The van der Waals surface area contributed by atoms with Crippen molar-refractivity contribution in [2.75, 3.05) is 32.8 Å². The first-order valence-corrected chi connectivity index (χ1v) is 16.2. The standard InChI is InChI=1S/C33H40FN4O5S/c1-32(2,30(39)40-5)21-42-28-17-12-25(20-35-28)23-8-10-24(11-9-23)29-36-31(43-27-15-13-26(34)14-16-27)38(37-29)22-41-19-18-33(3,4)44(6)7/h8-17,20H,18-19,21-22H2,1-7H3/q+1. The highest BCUT2D eigenvalue weighted by Crippen LogP contribution is 2.28. The summed E-state index contributed by atoms with van der Waals surface area (Å²) in [7, 11) is 1.61. The fourth-order valence-electron chi connectivity index (χ4n) is 3.93. The van der Waals surface area contributed by atoms with E-state index in [0.717, 1.165) is 23.1 Å². The van der Waals surface area contributed by atoms with Crippen LogP contribution in [-0.4, -0.2) is 63.3 Å². The van der Waals surface area contributed by atoms with Crippen molar-refractivity contribution >= 4 is 16.9 Å². The quantitative estimate of drug-likeness (QED) is 0.0888. The molecule has 0 aliphatic carbocycles. The molecule has 0 N–H and O–H groups in total. The van der Waals surface area contributed by atoms with Gasteiger partial charge >= 0.3 is 12.0 Å². The minimum absolute atomic E-state index is 0.147. The van der Waals surface area contributed by atoms with E-state index in [2.05, 4.69) is 41.4 Å². The van der Waals surface area contributed by atoms with Crippen LogP contribution in [0.2, 0.25) is 0 Å². The zero-order valence-electron chi connectivity index (χ0n) is 26.3. The number of esters is 1. The number of benzene rings is 2. The predicted molar refractivity (Wildman–Crippen MR) is 170 cm³/mol. The molecule has 0 fully saturated rings. The van der Waals surface area contributed by atoms with Crippen molar-refractivity contribution in [3.8, 4) is 40.2 Å². The number of carbonyl (C=O) groups is 1. The molecule has 0 unspecified atom stereocenters. The minimum Gasteiger partial charge on any atom is -0.476 e. The Morgan fingerprint density at radius 1 is 0.932 bits per heavy atom. The molecule has 0 saturated carbocycles. The molecule has 0 amide bonds. The summed E-state index contributed by atoms with van der Waals surface area (Å²) in [6, 6.07) is 17.4. The molecule has 2 aromatic carbocycles. The lowest BCUT2D eigenvalue weighted by Crippen LogP contribution is -2.32. The molecule has 234 valence electrons. The van der Waals surface area contributed by atoms with Gasteiger partial charge in [0.2, 0.25) is 5.88 Å². The van der Waals surface area contributed by atoms with E-state index in [1.165, 1.54) is 19.2 Å². The fraction of sp³-hybridized carbons (Fsp3) is 0.394. The lowest BCUT2D eigenvalue weighted by Gasteiger charge is -2.21. The zero-order valence-corrected chi connectivity index (χ0v) is 27.1. The molecule has 0 saturated heterocycles. The van der Waals surface area contributed by atoms with Crippen molar-refractivity contribution in [3.05, 3.63) is 72.7 Å². The Bertz CT molecular complexity index is 1520. The van der Waals surface area contributed by atoms with Crippen LogP contribution in [0.1, 0.15) is 34.1 Å². The molecule has 9 nitrogen and oxygen atoms in total. The zero-order chi connectivity index (χ0) is 31.9. The Kier molecular flexibility index (Phi) is 10.6. The molecule has 0 spiro atoms. The van der Waals surface area contributed by atoms with Gasteiger partial charge in [-0.05, 0) is 74.5 Å². The summed E-state index contributed by atoms with van der Waals surface area (Å²) >= 11 is 0. The van der Waals surface area contributed by atoms with Crippen molar-refractivity contribution in [3.63, 3.8) is 0 Å². The highest BCUT2D eigenvalue weighted by atomic mass is 32.2. The maximum absolute atomic E-state index is 13.4. The number of hydrogen-bond acceptors (Lipinski definition) is 8. The van der Waals surface area contributed by atoms with Gasteiger partial charge in [-0.3, -0.25) is 4.79 Å². The number of methoxy groups -OCH3 is 1. The molecule has 0 radical (unpaired) electrons. The first-order chi connectivity index (χ1) is 20.9. The Hall–Kier alpha value is -3.96. The lowest BCUT2D eigenvalue weighted by molar-refractivity contribution is -0.152. The van der Waals surface area contributed by atoms with Gasteiger partial charge in [0.1, 0.15) is 29.7 Å². The summed E-state index contributed by atoms with van der Waals surface area (Å²) in [6.45, 7) is 8.88. The molecule has 0 atom stereocenters. The SMILES string of the molecule is COC(=O)C(C)(C)COc1ccc(-c2ccc(-c3nc(Oc4ccc(F)cc4)n(COCCC(C)(C)[S+](C)C)n3)cc2)cn1. The Balaban J connectivity index is 1.47. The second kappa shape index (κ2) is 14.2. The number of hydrogen-bond donors (Lipinski definition) is 0. The molecule has 0 aliphatic rings. The van der Waals surface area contributed by atoms with Crippen LogP contribution < -0.4 is 9.47 Å². The minimum atomic E-state index is -0.785. The van der Waals surface area contributed by atoms with Crippen molar-refractivity contribution in [1.29, 1.82) is 0 Å². The van der Waals surface area contributed by atoms with Gasteiger partial charge in [0, 0.05) is 29.8 Å². The van der Waals surface area contributed by atoms with Crippen molar-refractivity contribution < 1.29 is 28.1 Å². The number of ether oxygens (including phenoxy) is 4. The van der Waals surface area contributed by atoms with Gasteiger partial charge in [-0.2, -0.15) is 9.67 Å². The predicted octanol–water partition coefficient (Wildman–Crippen LogP) is 6.54. The van der Waals surface area contributed by atoms with E-state index < -0.39 is 5.41 Å². The number of pyridine rings is 1. The van der Waals surface area contributed by atoms with Gasteiger partial charge in [0.15, 0.2) is 5.82 Å². The van der Waals surface area contributed by atoms with E-state index in [9.17, 15) is 9.18 Å². The second-order valence-electron chi connectivity index (χ2n) is 11.8. The van der Waals surface area contributed by atoms with Gasteiger partial charge in [0.05, 0.1) is 31.6 Å². The summed E-state index contributed by atoms with van der Waals surface area (Å²) in [4.78, 5) is 20.9. The van der Waals surface area contributed by atoms with Crippen LogP contribution in [0.15, 0.2) is 66.9 Å². The first kappa shape index (κ1) is 32.9. The van der Waals surface area contributed by atoms with Crippen LogP contribution in [0.25, 0.3) is 22.5 Å². The van der Waals surface area contributed by atoms with Crippen LogP contribution in [-0.2, 0) is 31.9 Å². The summed E-state index contributed by atoms with van der Waals surface area (Å²) < 4.78 is 37.7. The van der Waals surface area contributed by atoms with E-state index in [1.54, 1.807) is 42.9 Å². The summed E-state index contributed by atoms with van der Waals surface area (Å²) in [5, 5.41) is 4.66. The molecule has 4 aromatic rings. The maximum Gasteiger partial charge on any atom is 0.323 e. The lowest BCUT2D eigenvalue weighted by atomic mass is 9.95. The largest absolute Gasteiger partial charge is 0.476 e. The van der Waals surface area contributed by atoms with Gasteiger partial charge < -0.3 is 18.9 Å². The monoisotopic (exact) mass is 623 g/mol. The third kappa shape index (κ3) is 8.57. The molecule has 11 heteroatoms. The van der Waals surface area contributed by atoms with Crippen LogP contribution in [0.4, 0.5) is 4.39 Å². The average Bonchev–Trinajstić information content (AvgIpc) is 3.41. The molecule has 2 heterocycles. The number of halogens is 1. The number of aromatic nitrogens is 4. The van der Waals surface area contributed by atoms with E-state index in [4.69, 9.17) is 18.9 Å². The fourth-order valence-corrected chi connectivity index (χ4v) is 4.42. The average molecular weight is 624 g/mol. The normalized spacial score (nSPS) is 11.9. The van der Waals surface area contributed by atoms with Crippen molar-refractivity contribution in [1.82, 2.24) is 19.7 Å². The Morgan fingerprint density at radius 3 is 2.20 bits per heavy atom.